The van der Waals surface area contributed by atoms with E-state index in [0.29, 0.717) is 0 Å². The first-order chi connectivity index (χ1) is 25.3. The van der Waals surface area contributed by atoms with E-state index in [1.165, 1.54) is 76.0 Å². The van der Waals surface area contributed by atoms with Crippen LogP contribution in [0.25, 0.3) is 104 Å². The molecule has 0 fully saturated rings. The van der Waals surface area contributed by atoms with Crippen molar-refractivity contribution < 1.29 is 0 Å². The average Bonchev–Trinajstić information content (AvgIpc) is 3.55. The van der Waals surface area contributed by atoms with Crippen molar-refractivity contribution in [2.24, 2.45) is 0 Å². The molecule has 0 bridgehead atoms. The van der Waals surface area contributed by atoms with Crippen LogP contribution in [0.2, 0.25) is 0 Å². The number of hydrogen-bond acceptors (Lipinski definition) is 1. The van der Waals surface area contributed by atoms with Crippen molar-refractivity contribution in [3.63, 3.8) is 0 Å². The molecule has 0 atom stereocenters. The fourth-order valence-electron chi connectivity index (χ4n) is 8.46. The molecule has 51 heavy (non-hydrogen) atoms. The van der Waals surface area contributed by atoms with Gasteiger partial charge in [-0.25, -0.2) is 4.98 Å². The molecule has 0 spiro atoms. The fourth-order valence-corrected chi connectivity index (χ4v) is 8.46. The molecule has 9 aromatic carbocycles. The van der Waals surface area contributed by atoms with Gasteiger partial charge in [-0.05, 0) is 79.2 Å². The Labute approximate surface area is 294 Å². The minimum absolute atomic E-state index is 0.997. The predicted octanol–water partition coefficient (Wildman–Crippen LogP) is 13.3. The van der Waals surface area contributed by atoms with Crippen LogP contribution < -0.4 is 0 Å². The number of aromatic nitrogens is 2. The average molecular weight is 647 g/mol. The highest BCUT2D eigenvalue weighted by Crippen LogP contribution is 2.43. The molecule has 11 rings (SSSR count). The molecule has 0 N–H and O–H groups in total. The number of pyridine rings is 1. The molecular formula is C49H30N2. The highest BCUT2D eigenvalue weighted by Gasteiger charge is 2.20. The van der Waals surface area contributed by atoms with E-state index in [4.69, 9.17) is 4.98 Å². The molecule has 0 radical (unpaired) electrons. The third-order valence-corrected chi connectivity index (χ3v) is 10.8. The first-order valence-corrected chi connectivity index (χ1v) is 17.6. The van der Waals surface area contributed by atoms with Gasteiger partial charge in [-0.15, -0.1) is 0 Å². The third kappa shape index (κ3) is 4.14. The zero-order chi connectivity index (χ0) is 33.5. The van der Waals surface area contributed by atoms with Crippen LogP contribution >= 0.6 is 0 Å². The van der Waals surface area contributed by atoms with Gasteiger partial charge >= 0.3 is 0 Å². The van der Waals surface area contributed by atoms with Gasteiger partial charge in [0.25, 0.3) is 0 Å². The van der Waals surface area contributed by atoms with E-state index < -0.39 is 0 Å². The molecule has 0 saturated carbocycles. The summed E-state index contributed by atoms with van der Waals surface area (Å²) in [5.74, 6) is 0. The van der Waals surface area contributed by atoms with Crippen LogP contribution in [0.4, 0.5) is 0 Å². The maximum absolute atomic E-state index is 5.42. The minimum Gasteiger partial charge on any atom is -0.309 e. The van der Waals surface area contributed by atoms with Gasteiger partial charge in [0.05, 0.1) is 22.2 Å². The Morgan fingerprint density at radius 1 is 0.333 bits per heavy atom. The van der Waals surface area contributed by atoms with Crippen LogP contribution in [0.15, 0.2) is 182 Å². The molecule has 2 nitrogen and oxygen atoms in total. The number of rotatable bonds is 3. The summed E-state index contributed by atoms with van der Waals surface area (Å²) in [7, 11) is 0. The first-order valence-electron chi connectivity index (χ1n) is 17.6. The van der Waals surface area contributed by atoms with Crippen molar-refractivity contribution >= 4 is 75.8 Å². The maximum Gasteiger partial charge on any atom is 0.0809 e. The summed E-state index contributed by atoms with van der Waals surface area (Å²) in [6.45, 7) is 0. The first kappa shape index (κ1) is 28.1. The maximum atomic E-state index is 5.42. The number of nitrogens with zero attached hydrogens (tertiary/aromatic N) is 2. The van der Waals surface area contributed by atoms with Gasteiger partial charge in [0.2, 0.25) is 0 Å². The van der Waals surface area contributed by atoms with Crippen LogP contribution in [-0.2, 0) is 0 Å². The molecule has 2 aromatic heterocycles. The van der Waals surface area contributed by atoms with E-state index in [1.54, 1.807) is 0 Å². The van der Waals surface area contributed by atoms with E-state index in [0.717, 1.165) is 27.8 Å². The monoisotopic (exact) mass is 646 g/mol. The second-order valence-electron chi connectivity index (χ2n) is 13.5. The zero-order valence-corrected chi connectivity index (χ0v) is 27.7. The topological polar surface area (TPSA) is 17.8 Å². The molecule has 236 valence electrons. The Morgan fingerprint density at radius 3 is 1.57 bits per heavy atom. The second kappa shape index (κ2) is 10.9. The van der Waals surface area contributed by atoms with Gasteiger partial charge in [0.1, 0.15) is 0 Å². The van der Waals surface area contributed by atoms with Crippen molar-refractivity contribution in [3.8, 4) is 28.1 Å². The zero-order valence-electron chi connectivity index (χ0n) is 27.7. The molecule has 0 amide bonds. The Hall–Kier alpha value is -6.77. The van der Waals surface area contributed by atoms with Gasteiger partial charge in [0, 0.05) is 32.8 Å². The standard InChI is InChI=1S/C49H30N2/c1-2-12-34(13-3-1)51-46-21-11-9-19-41(46)43-29-28-42-40-18-8-10-20-45(40)50-48(47(42)49(43)51)32-24-22-31(23-25-32)33-26-27-39-37-16-5-4-14-35(37)36-15-6-7-17-38(36)44(39)30-33/h1-30H. The number of benzene rings is 9. The van der Waals surface area contributed by atoms with E-state index in [1.807, 2.05) is 0 Å². The van der Waals surface area contributed by atoms with Gasteiger partial charge in [-0.1, -0.05) is 152 Å². The molecule has 2 heterocycles. The molecule has 0 aliphatic carbocycles. The van der Waals surface area contributed by atoms with E-state index in [9.17, 15) is 0 Å². The molecule has 11 aromatic rings. The molecule has 0 unspecified atom stereocenters. The van der Waals surface area contributed by atoms with Crippen molar-refractivity contribution in [2.45, 2.75) is 0 Å². The summed E-state index contributed by atoms with van der Waals surface area (Å²) in [6, 6.07) is 66.1. The lowest BCUT2D eigenvalue weighted by Crippen LogP contribution is -1.97. The van der Waals surface area contributed by atoms with E-state index in [-0.39, 0.29) is 0 Å². The number of hydrogen-bond donors (Lipinski definition) is 0. The molecule has 2 heteroatoms. The lowest BCUT2D eigenvalue weighted by atomic mass is 9.91. The van der Waals surface area contributed by atoms with Crippen LogP contribution in [0.1, 0.15) is 0 Å². The van der Waals surface area contributed by atoms with Crippen molar-refractivity contribution in [2.75, 3.05) is 0 Å². The fraction of sp³-hybridized carbons (Fsp3) is 0. The smallest absolute Gasteiger partial charge is 0.0809 e. The van der Waals surface area contributed by atoms with Crippen molar-refractivity contribution in [3.05, 3.63) is 182 Å². The predicted molar refractivity (Wildman–Crippen MR) is 217 cm³/mol. The van der Waals surface area contributed by atoms with E-state index >= 15 is 0 Å². The Bertz CT molecular complexity index is 3140. The molecule has 0 aliphatic heterocycles. The van der Waals surface area contributed by atoms with Crippen LogP contribution in [-0.4, -0.2) is 9.55 Å². The number of para-hydroxylation sites is 3. The van der Waals surface area contributed by atoms with Gasteiger partial charge in [-0.3, -0.25) is 0 Å². The summed E-state index contributed by atoms with van der Waals surface area (Å²) in [4.78, 5) is 5.42. The normalized spacial score (nSPS) is 11.9. The van der Waals surface area contributed by atoms with Crippen LogP contribution in [0.3, 0.4) is 0 Å². The quantitative estimate of drug-likeness (QED) is 0.175. The van der Waals surface area contributed by atoms with Crippen LogP contribution in [0, 0.1) is 0 Å². The van der Waals surface area contributed by atoms with Crippen molar-refractivity contribution in [1.82, 2.24) is 9.55 Å². The van der Waals surface area contributed by atoms with Gasteiger partial charge in [-0.2, -0.15) is 0 Å². The summed E-state index contributed by atoms with van der Waals surface area (Å²) < 4.78 is 2.42. The van der Waals surface area contributed by atoms with Crippen LogP contribution in [0.5, 0.6) is 0 Å². The highest BCUT2D eigenvalue weighted by atomic mass is 15.0. The Morgan fingerprint density at radius 2 is 0.843 bits per heavy atom. The second-order valence-corrected chi connectivity index (χ2v) is 13.5. The van der Waals surface area contributed by atoms with Crippen molar-refractivity contribution in [1.29, 1.82) is 0 Å². The molecule has 0 aliphatic rings. The third-order valence-electron chi connectivity index (χ3n) is 10.8. The largest absolute Gasteiger partial charge is 0.309 e. The molecule has 0 saturated heterocycles. The highest BCUT2D eigenvalue weighted by molar-refractivity contribution is 6.27. The number of fused-ring (bicyclic) bond motifs is 13. The summed E-state index contributed by atoms with van der Waals surface area (Å²) >= 11 is 0. The minimum atomic E-state index is 0.997. The van der Waals surface area contributed by atoms with Gasteiger partial charge in [0.15, 0.2) is 0 Å². The summed E-state index contributed by atoms with van der Waals surface area (Å²) in [5, 5.41) is 13.8. The summed E-state index contributed by atoms with van der Waals surface area (Å²) in [6.07, 6.45) is 0. The van der Waals surface area contributed by atoms with Gasteiger partial charge < -0.3 is 4.57 Å². The Balaban J connectivity index is 1.16. The SMILES string of the molecule is c1ccc(-n2c3ccccc3c3ccc4c5ccccc5nc(-c5ccc(-c6ccc7c8ccccc8c8ccccc8c7c6)cc5)c4c32)cc1. The molecular weight excluding hydrogens is 617 g/mol. The lowest BCUT2D eigenvalue weighted by molar-refractivity contribution is 1.19. The summed E-state index contributed by atoms with van der Waals surface area (Å²) in [5.41, 5.74) is 9.01. The van der Waals surface area contributed by atoms with E-state index in [2.05, 4.69) is 187 Å². The Kier molecular flexibility index (Phi) is 5.99. The lowest BCUT2D eigenvalue weighted by Gasteiger charge is -2.15.